The van der Waals surface area contributed by atoms with Crippen LogP contribution >= 0.6 is 0 Å². The van der Waals surface area contributed by atoms with E-state index in [0.29, 0.717) is 0 Å². The zero-order valence-corrected chi connectivity index (χ0v) is 8.55. The Morgan fingerprint density at radius 3 is 1.83 bits per heavy atom. The number of rotatable bonds is 0. The first kappa shape index (κ1) is 11.5. The molecule has 1 rings (SSSR count). The maximum absolute atomic E-state index is 7.31. The Kier molecular flexibility index (Phi) is 5.76. The molecule has 0 unspecified atom stereocenters. The molecule has 0 heterocycles. The van der Waals surface area contributed by atoms with E-state index in [0.717, 1.165) is 11.3 Å². The molecule has 4 nitrogen and oxygen atoms in total. The monoisotopic (exact) mass is 233 g/mol. The summed E-state index contributed by atoms with van der Waals surface area (Å²) in [7, 11) is 0. The molecule has 0 aliphatic carbocycles. The molecule has 0 aliphatic rings. The minimum atomic E-state index is -3.19. The van der Waals surface area contributed by atoms with Gasteiger partial charge in [0.25, 0.3) is 0 Å². The van der Waals surface area contributed by atoms with Crippen molar-refractivity contribution < 1.29 is 12.3 Å². The summed E-state index contributed by atoms with van der Waals surface area (Å²) in [6, 6.07) is 7.80. The van der Waals surface area contributed by atoms with Gasteiger partial charge < -0.3 is 5.73 Å². The molecule has 0 amide bonds. The van der Waals surface area contributed by atoms with Gasteiger partial charge >= 0.3 is 28.0 Å². The summed E-state index contributed by atoms with van der Waals surface area (Å²) in [6.07, 6.45) is 0. The molecule has 5 N–H and O–H groups in total. The third-order valence-electron chi connectivity index (χ3n) is 1.19. The zero-order chi connectivity index (χ0) is 9.56. The van der Waals surface area contributed by atoms with Crippen LogP contribution in [-0.2, 0) is 0 Å². The van der Waals surface area contributed by atoms with E-state index in [9.17, 15) is 0 Å². The van der Waals surface area contributed by atoms with Crippen molar-refractivity contribution in [3.63, 3.8) is 0 Å². The Hall–Kier alpha value is -0.542. The van der Waals surface area contributed by atoms with Crippen molar-refractivity contribution >= 4 is 21.4 Å². The molecule has 1 aromatic rings. The molecule has 0 saturated heterocycles. The van der Waals surface area contributed by atoms with Gasteiger partial charge in [0, 0.05) is 5.69 Å². The number of benzene rings is 1. The van der Waals surface area contributed by atoms with Gasteiger partial charge in [-0.05, 0) is 18.6 Å². The van der Waals surface area contributed by atoms with Crippen LogP contribution in [0.4, 0.5) is 5.69 Å². The second kappa shape index (κ2) is 6.03. The normalized spacial score (nSPS) is 9.08. The Labute approximate surface area is 76.6 Å². The van der Waals surface area contributed by atoms with Gasteiger partial charge in [0.1, 0.15) is 0 Å². The van der Waals surface area contributed by atoms with Gasteiger partial charge in [-0.2, -0.15) is 0 Å². The van der Waals surface area contributed by atoms with Gasteiger partial charge in [0.05, 0.1) is 0 Å². The van der Waals surface area contributed by atoms with Gasteiger partial charge in [0.15, 0.2) is 0 Å². The summed E-state index contributed by atoms with van der Waals surface area (Å²) in [4.78, 5) is 0. The molecule has 0 radical (unpaired) electrons. The Bertz CT molecular complexity index is 206. The molecule has 0 saturated carbocycles. The third kappa shape index (κ3) is 6.19. The molecular formula is C7H12AsNO3. The predicted molar refractivity (Wildman–Crippen MR) is 48.0 cm³/mol. The number of anilines is 1. The molecule has 0 aliphatic heterocycles. The van der Waals surface area contributed by atoms with Gasteiger partial charge in [-0.15, -0.1) is 0 Å². The summed E-state index contributed by atoms with van der Waals surface area (Å²) in [5.41, 5.74) is 7.53. The average molecular weight is 233 g/mol. The van der Waals surface area contributed by atoms with Crippen LogP contribution < -0.4 is 5.73 Å². The zero-order valence-electron chi connectivity index (χ0n) is 6.68. The molecule has 0 spiro atoms. The first-order valence-electron chi connectivity index (χ1n) is 3.22. The molecule has 68 valence electrons. The summed E-state index contributed by atoms with van der Waals surface area (Å²) < 4.78 is 21.9. The van der Waals surface area contributed by atoms with E-state index in [1.165, 1.54) is 0 Å². The molecule has 5 heteroatoms. The summed E-state index contributed by atoms with van der Waals surface area (Å²) in [6.45, 7) is 2.00. The predicted octanol–water partition coefficient (Wildman–Crippen LogP) is -0.475. The number of hydrogen-bond acceptors (Lipinski definition) is 4. The molecular weight excluding hydrogens is 221 g/mol. The number of aryl methyl sites for hydroxylation is 1. The second-order valence-electron chi connectivity index (χ2n) is 2.12. The number of hydrogen-bond donors (Lipinski definition) is 4. The van der Waals surface area contributed by atoms with Gasteiger partial charge in [-0.1, -0.05) is 18.2 Å². The maximum atomic E-state index is 7.31. The van der Waals surface area contributed by atoms with Gasteiger partial charge in [0.2, 0.25) is 0 Å². The first-order chi connectivity index (χ1) is 5.54. The van der Waals surface area contributed by atoms with Crippen LogP contribution in [0.5, 0.6) is 0 Å². The van der Waals surface area contributed by atoms with E-state index in [2.05, 4.69) is 0 Å². The van der Waals surface area contributed by atoms with Crippen molar-refractivity contribution in [2.75, 3.05) is 5.73 Å². The Morgan fingerprint density at radius 2 is 1.58 bits per heavy atom. The van der Waals surface area contributed by atoms with Gasteiger partial charge in [-0.25, -0.2) is 0 Å². The molecule has 0 atom stereocenters. The molecule has 0 aromatic heterocycles. The van der Waals surface area contributed by atoms with Crippen molar-refractivity contribution in [2.45, 2.75) is 6.92 Å². The second-order valence-corrected chi connectivity index (χ2v) is 3.25. The van der Waals surface area contributed by atoms with Crippen LogP contribution in [0.2, 0.25) is 0 Å². The molecule has 0 bridgehead atoms. The van der Waals surface area contributed by atoms with Crippen molar-refractivity contribution in [1.29, 1.82) is 0 Å². The first-order valence-corrected chi connectivity index (χ1v) is 5.73. The van der Waals surface area contributed by atoms with E-state index >= 15 is 0 Å². The minimum absolute atomic E-state index is 0.868. The molecule has 1 aromatic carbocycles. The van der Waals surface area contributed by atoms with E-state index in [-0.39, 0.29) is 0 Å². The third-order valence-corrected chi connectivity index (χ3v) is 1.19. The van der Waals surface area contributed by atoms with E-state index in [1.807, 2.05) is 31.2 Å². The summed E-state index contributed by atoms with van der Waals surface area (Å²) >= 11 is -3.19. The van der Waals surface area contributed by atoms with Crippen molar-refractivity contribution in [1.82, 2.24) is 0 Å². The fourth-order valence-electron chi connectivity index (χ4n) is 0.587. The molecule has 0 fully saturated rings. The van der Waals surface area contributed by atoms with Crippen LogP contribution in [-0.4, -0.2) is 28.0 Å². The standard InChI is InChI=1S/C7H9N.AsH3O3/c1-6-4-2-3-5-7(6)8;2-1(3)4/h2-5H,8H2,1H3;2-4H. The van der Waals surface area contributed by atoms with Gasteiger partial charge in [-0.3, -0.25) is 0 Å². The Morgan fingerprint density at radius 1 is 1.17 bits per heavy atom. The van der Waals surface area contributed by atoms with E-state index < -0.39 is 15.7 Å². The van der Waals surface area contributed by atoms with E-state index in [4.69, 9.17) is 18.0 Å². The topological polar surface area (TPSA) is 86.7 Å². The van der Waals surface area contributed by atoms with Crippen molar-refractivity contribution in [3.8, 4) is 0 Å². The van der Waals surface area contributed by atoms with Crippen molar-refractivity contribution in [3.05, 3.63) is 29.8 Å². The van der Waals surface area contributed by atoms with Crippen LogP contribution in [0.25, 0.3) is 0 Å². The number of para-hydroxylation sites is 1. The van der Waals surface area contributed by atoms with Crippen LogP contribution in [0.3, 0.4) is 0 Å². The number of nitrogens with two attached hydrogens (primary N) is 1. The fourth-order valence-corrected chi connectivity index (χ4v) is 0.587. The van der Waals surface area contributed by atoms with E-state index in [1.54, 1.807) is 0 Å². The quantitative estimate of drug-likeness (QED) is 0.360. The number of nitrogen functional groups attached to an aromatic ring is 1. The SMILES string of the molecule is Cc1ccccc1N.O[As](O)O. The van der Waals surface area contributed by atoms with Crippen LogP contribution in [0, 0.1) is 6.92 Å². The van der Waals surface area contributed by atoms with Crippen molar-refractivity contribution in [2.24, 2.45) is 0 Å². The fraction of sp³-hybridized carbons (Fsp3) is 0.143. The molecule has 12 heavy (non-hydrogen) atoms. The van der Waals surface area contributed by atoms with Crippen LogP contribution in [0.1, 0.15) is 5.56 Å². The Balaban J connectivity index is 0.000000261. The summed E-state index contributed by atoms with van der Waals surface area (Å²) in [5, 5.41) is 0. The van der Waals surface area contributed by atoms with Crippen LogP contribution in [0.15, 0.2) is 24.3 Å². The average Bonchev–Trinajstić information content (AvgIpc) is 1.94. The summed E-state index contributed by atoms with van der Waals surface area (Å²) in [5.74, 6) is 0.